The Bertz CT molecular complexity index is 143. The van der Waals surface area contributed by atoms with Gasteiger partial charge in [0.1, 0.15) is 24.4 Å². The average Bonchev–Trinajstić information content (AvgIpc) is 2.12. The number of carbonyl (C=O) groups is 1. The Morgan fingerprint density at radius 2 is 1.54 bits per heavy atom. The lowest BCUT2D eigenvalue weighted by molar-refractivity contribution is -0.136. The molecule has 7 heteroatoms. The highest BCUT2D eigenvalue weighted by atomic mass is 16.4. The molecule has 0 aromatic heterocycles. The molecule has 0 aliphatic heterocycles. The van der Waals surface area contributed by atoms with Gasteiger partial charge in [0.05, 0.1) is 6.61 Å². The van der Waals surface area contributed by atoms with E-state index in [2.05, 4.69) is 0 Å². The van der Waals surface area contributed by atoms with Gasteiger partial charge in [-0.2, -0.15) is 0 Å². The largest absolute Gasteiger partial charge is 0.394 e. The highest BCUT2D eigenvalue weighted by molar-refractivity contribution is 5.56. The molecule has 13 heavy (non-hydrogen) atoms. The van der Waals surface area contributed by atoms with Gasteiger partial charge in [0.2, 0.25) is 0 Å². The van der Waals surface area contributed by atoms with Crippen LogP contribution in [0.2, 0.25) is 0 Å². The fourth-order valence-electron chi connectivity index (χ4n) is 0.618. The highest BCUT2D eigenvalue weighted by Crippen LogP contribution is 2.02. The lowest BCUT2D eigenvalue weighted by atomic mass is 10.0. The van der Waals surface area contributed by atoms with E-state index in [4.69, 9.17) is 25.5 Å². The molecule has 0 saturated carbocycles. The molecule has 0 aliphatic rings. The Morgan fingerprint density at radius 1 is 1.08 bits per heavy atom. The van der Waals surface area contributed by atoms with Crippen LogP contribution in [0.15, 0.2) is 0 Å². The minimum absolute atomic E-state index is 0. The number of hydrogen-bond donors (Lipinski definition) is 6. The Kier molecular flexibility index (Phi) is 7.92. The van der Waals surface area contributed by atoms with Gasteiger partial charge in [0.15, 0.2) is 6.29 Å². The summed E-state index contributed by atoms with van der Waals surface area (Å²) in [6.07, 6.45) is -6.84. The molecule has 0 aromatic carbocycles. The molecule has 0 fully saturated rings. The van der Waals surface area contributed by atoms with E-state index in [1.807, 2.05) is 0 Å². The van der Waals surface area contributed by atoms with Crippen molar-refractivity contribution in [2.24, 2.45) is 0 Å². The highest BCUT2D eigenvalue weighted by Gasteiger charge is 2.29. The monoisotopic (exact) mass is 197 g/mol. The normalized spacial score (nSPS) is 19.5. The lowest BCUT2D eigenvalue weighted by Gasteiger charge is -2.22. The van der Waals surface area contributed by atoms with E-state index in [0.29, 0.717) is 0 Å². The van der Waals surface area contributed by atoms with Crippen LogP contribution in [0.1, 0.15) is 0 Å². The molecule has 0 heterocycles. The SMILES string of the molecule is N.O=C[C@H](O)[C@@H](O)[C@H](O)[C@H](O)CO. The van der Waals surface area contributed by atoms with Crippen LogP contribution in [-0.4, -0.2) is 62.8 Å². The van der Waals surface area contributed by atoms with Crippen molar-refractivity contribution >= 4 is 6.29 Å². The number of aliphatic hydroxyl groups excluding tert-OH is 5. The number of hydrogen-bond acceptors (Lipinski definition) is 7. The fraction of sp³-hybridized carbons (Fsp3) is 0.833. The first-order chi connectivity index (χ1) is 5.54. The van der Waals surface area contributed by atoms with Crippen LogP contribution in [0.25, 0.3) is 0 Å². The molecule has 8 N–H and O–H groups in total. The third-order valence-electron chi connectivity index (χ3n) is 1.42. The average molecular weight is 197 g/mol. The maximum absolute atomic E-state index is 9.90. The summed E-state index contributed by atoms with van der Waals surface area (Å²) in [6, 6.07) is 0. The minimum Gasteiger partial charge on any atom is -0.394 e. The summed E-state index contributed by atoms with van der Waals surface area (Å²) >= 11 is 0. The van der Waals surface area contributed by atoms with Gasteiger partial charge in [-0.15, -0.1) is 0 Å². The molecule has 4 atom stereocenters. The van der Waals surface area contributed by atoms with Crippen molar-refractivity contribution in [2.45, 2.75) is 24.4 Å². The van der Waals surface area contributed by atoms with Crippen molar-refractivity contribution in [3.8, 4) is 0 Å². The first kappa shape index (κ1) is 14.9. The summed E-state index contributed by atoms with van der Waals surface area (Å²) in [6.45, 7) is -0.760. The molecular formula is C6H15NO6. The maximum atomic E-state index is 9.90. The molecule has 0 rings (SSSR count). The number of aldehydes is 1. The molecule has 0 aliphatic carbocycles. The summed E-state index contributed by atoms with van der Waals surface area (Å²) in [5.74, 6) is 0. The fourth-order valence-corrected chi connectivity index (χ4v) is 0.618. The van der Waals surface area contributed by atoms with Crippen LogP contribution in [0.5, 0.6) is 0 Å². The Labute approximate surface area is 74.8 Å². The Hall–Kier alpha value is -0.570. The molecule has 0 unspecified atom stereocenters. The van der Waals surface area contributed by atoms with Gasteiger partial charge in [-0.3, -0.25) is 0 Å². The molecule has 0 aromatic rings. The Morgan fingerprint density at radius 3 is 1.85 bits per heavy atom. The van der Waals surface area contributed by atoms with Crippen LogP contribution in [0, 0.1) is 0 Å². The predicted molar refractivity (Wildman–Crippen MR) is 42.2 cm³/mol. The zero-order valence-corrected chi connectivity index (χ0v) is 6.95. The second-order valence-electron chi connectivity index (χ2n) is 2.36. The van der Waals surface area contributed by atoms with Gasteiger partial charge >= 0.3 is 0 Å². The van der Waals surface area contributed by atoms with E-state index < -0.39 is 31.0 Å². The molecule has 0 spiro atoms. The van der Waals surface area contributed by atoms with E-state index >= 15 is 0 Å². The van der Waals surface area contributed by atoms with Crippen LogP contribution >= 0.6 is 0 Å². The minimum atomic E-state index is -1.79. The molecule has 0 saturated heterocycles. The number of aliphatic hydroxyl groups is 5. The van der Waals surface area contributed by atoms with E-state index in [-0.39, 0.29) is 12.4 Å². The maximum Gasteiger partial charge on any atom is 0.151 e. The van der Waals surface area contributed by atoms with Gasteiger partial charge in [0, 0.05) is 0 Å². The van der Waals surface area contributed by atoms with Gasteiger partial charge in [-0.05, 0) is 0 Å². The van der Waals surface area contributed by atoms with Crippen molar-refractivity contribution in [2.75, 3.05) is 6.61 Å². The van der Waals surface area contributed by atoms with Gasteiger partial charge < -0.3 is 36.5 Å². The van der Waals surface area contributed by atoms with Crippen LogP contribution < -0.4 is 6.15 Å². The second-order valence-corrected chi connectivity index (χ2v) is 2.36. The van der Waals surface area contributed by atoms with Crippen LogP contribution in [-0.2, 0) is 4.79 Å². The van der Waals surface area contributed by atoms with Crippen molar-refractivity contribution in [3.63, 3.8) is 0 Å². The summed E-state index contributed by atoms with van der Waals surface area (Å²) in [7, 11) is 0. The zero-order chi connectivity index (χ0) is 9.72. The first-order valence-corrected chi connectivity index (χ1v) is 3.33. The van der Waals surface area contributed by atoms with Crippen molar-refractivity contribution in [1.29, 1.82) is 0 Å². The van der Waals surface area contributed by atoms with E-state index in [0.717, 1.165) is 0 Å². The van der Waals surface area contributed by atoms with Crippen LogP contribution in [0.3, 0.4) is 0 Å². The summed E-state index contributed by atoms with van der Waals surface area (Å²) < 4.78 is 0. The Balaban J connectivity index is 0. The molecule has 0 bridgehead atoms. The van der Waals surface area contributed by atoms with Gasteiger partial charge in [0.25, 0.3) is 0 Å². The molecule has 7 nitrogen and oxygen atoms in total. The zero-order valence-electron chi connectivity index (χ0n) is 6.95. The molecular weight excluding hydrogens is 182 g/mol. The van der Waals surface area contributed by atoms with Gasteiger partial charge in [-0.1, -0.05) is 0 Å². The lowest BCUT2D eigenvalue weighted by Crippen LogP contribution is -2.46. The summed E-state index contributed by atoms with van der Waals surface area (Å²) in [4.78, 5) is 9.90. The molecule has 80 valence electrons. The molecule has 0 radical (unpaired) electrons. The van der Waals surface area contributed by atoms with Gasteiger partial charge in [-0.25, -0.2) is 0 Å². The number of rotatable bonds is 5. The van der Waals surface area contributed by atoms with Crippen molar-refractivity contribution in [3.05, 3.63) is 0 Å². The topological polar surface area (TPSA) is 153 Å². The third kappa shape index (κ3) is 4.27. The summed E-state index contributed by atoms with van der Waals surface area (Å²) in [5, 5.41) is 43.5. The van der Waals surface area contributed by atoms with Crippen molar-refractivity contribution < 1.29 is 30.3 Å². The predicted octanol–water partition coefficient (Wildman–Crippen LogP) is -3.22. The van der Waals surface area contributed by atoms with Crippen molar-refractivity contribution in [1.82, 2.24) is 6.15 Å². The molecule has 0 amide bonds. The van der Waals surface area contributed by atoms with Crippen LogP contribution in [0.4, 0.5) is 0 Å². The summed E-state index contributed by atoms with van der Waals surface area (Å²) in [5.41, 5.74) is 0. The third-order valence-corrected chi connectivity index (χ3v) is 1.42. The standard InChI is InChI=1S/C6H12O6.H3N/c7-1-3(9)5(11)6(12)4(10)2-8;/h1,3-6,8-12H,2H2;1H3/t3-,4+,5+,6+;/m0./s1. The second kappa shape index (κ2) is 6.89. The quantitative estimate of drug-likeness (QED) is 0.253. The smallest absolute Gasteiger partial charge is 0.151 e. The van der Waals surface area contributed by atoms with E-state index in [9.17, 15) is 4.79 Å². The first-order valence-electron chi connectivity index (χ1n) is 3.33. The van der Waals surface area contributed by atoms with E-state index in [1.165, 1.54) is 0 Å². The number of carbonyl (C=O) groups excluding carboxylic acids is 1. The van der Waals surface area contributed by atoms with E-state index in [1.54, 1.807) is 0 Å².